The smallest absolute Gasteiger partial charge is 0.138 e. The van der Waals surface area contributed by atoms with Crippen LogP contribution in [0, 0.1) is 5.92 Å². The fourth-order valence-electron chi connectivity index (χ4n) is 1.27. The first-order valence-electron chi connectivity index (χ1n) is 4.95. The molecule has 0 aliphatic heterocycles. The number of aliphatic hydroxyl groups is 1. The molecule has 0 heterocycles. The van der Waals surface area contributed by atoms with Crippen molar-refractivity contribution in [2.45, 2.75) is 26.9 Å². The largest absolute Gasteiger partial charge is 0.489 e. The van der Waals surface area contributed by atoms with Crippen molar-refractivity contribution >= 4 is 11.6 Å². The molecule has 1 N–H and O–H groups in total. The molecule has 0 aliphatic carbocycles. The van der Waals surface area contributed by atoms with Crippen LogP contribution < -0.4 is 4.74 Å². The Kier molecular flexibility index (Phi) is 4.43. The van der Waals surface area contributed by atoms with E-state index in [-0.39, 0.29) is 12.7 Å². The highest BCUT2D eigenvalue weighted by molar-refractivity contribution is 6.33. The molecule has 0 bridgehead atoms. The first-order chi connectivity index (χ1) is 7.06. The Bertz CT molecular complexity index is 323. The van der Waals surface area contributed by atoms with Gasteiger partial charge in [0, 0.05) is 5.92 Å². The summed E-state index contributed by atoms with van der Waals surface area (Å²) in [4.78, 5) is 0. The second kappa shape index (κ2) is 5.38. The Morgan fingerprint density at radius 2 is 2.13 bits per heavy atom. The Morgan fingerprint density at radius 3 is 2.67 bits per heavy atom. The van der Waals surface area contributed by atoms with Gasteiger partial charge in [0.25, 0.3) is 0 Å². The van der Waals surface area contributed by atoms with Gasteiger partial charge in [-0.1, -0.05) is 30.7 Å². The van der Waals surface area contributed by atoms with Crippen LogP contribution in [0.3, 0.4) is 0 Å². The van der Waals surface area contributed by atoms with Gasteiger partial charge >= 0.3 is 0 Å². The Labute approximate surface area is 95.8 Å². The molecule has 0 spiro atoms. The van der Waals surface area contributed by atoms with Crippen molar-refractivity contribution in [1.29, 1.82) is 0 Å². The van der Waals surface area contributed by atoms with E-state index in [1.54, 1.807) is 0 Å². The third-order valence-electron chi connectivity index (χ3n) is 2.02. The Morgan fingerprint density at radius 1 is 1.47 bits per heavy atom. The fourth-order valence-corrected chi connectivity index (χ4v) is 1.60. The van der Waals surface area contributed by atoms with Crippen molar-refractivity contribution < 1.29 is 9.84 Å². The summed E-state index contributed by atoms with van der Waals surface area (Å²) in [6, 6.07) is 5.58. The lowest BCUT2D eigenvalue weighted by Crippen LogP contribution is -2.08. The average Bonchev–Trinajstić information content (AvgIpc) is 2.19. The van der Waals surface area contributed by atoms with Gasteiger partial charge in [-0.3, -0.25) is 0 Å². The van der Waals surface area contributed by atoms with Crippen molar-refractivity contribution in [3.63, 3.8) is 0 Å². The lowest BCUT2D eigenvalue weighted by molar-refractivity contribution is 0.242. The van der Waals surface area contributed by atoms with E-state index in [1.165, 1.54) is 0 Å². The van der Waals surface area contributed by atoms with Crippen molar-refractivity contribution in [3.8, 4) is 5.75 Å². The van der Waals surface area contributed by atoms with Gasteiger partial charge in [-0.2, -0.15) is 0 Å². The van der Waals surface area contributed by atoms with Crippen LogP contribution in [0.25, 0.3) is 0 Å². The quantitative estimate of drug-likeness (QED) is 0.857. The normalized spacial score (nSPS) is 11.1. The highest BCUT2D eigenvalue weighted by Crippen LogP contribution is 2.32. The number of hydrogen-bond acceptors (Lipinski definition) is 2. The lowest BCUT2D eigenvalue weighted by atomic mass is 10.0. The topological polar surface area (TPSA) is 29.5 Å². The van der Waals surface area contributed by atoms with Crippen LogP contribution in [-0.4, -0.2) is 17.8 Å². The second-order valence-electron chi connectivity index (χ2n) is 3.72. The van der Waals surface area contributed by atoms with E-state index in [1.807, 2.05) is 39.0 Å². The van der Waals surface area contributed by atoms with E-state index in [0.717, 1.165) is 11.5 Å². The van der Waals surface area contributed by atoms with Crippen molar-refractivity contribution in [2.75, 3.05) is 6.61 Å². The van der Waals surface area contributed by atoms with Crippen LogP contribution in [0.15, 0.2) is 18.2 Å². The monoisotopic (exact) mass is 227 g/mol. The summed E-state index contributed by atoms with van der Waals surface area (Å²) in [6.07, 6.45) is 0.0900. The molecule has 83 valence electrons. The SMILES string of the molecule is C[C](CO)c1cccc(OC(C)C)c1Cl. The summed E-state index contributed by atoms with van der Waals surface area (Å²) in [5.74, 6) is 1.51. The van der Waals surface area contributed by atoms with E-state index in [9.17, 15) is 0 Å². The zero-order valence-electron chi connectivity index (χ0n) is 9.25. The van der Waals surface area contributed by atoms with Crippen molar-refractivity contribution in [2.24, 2.45) is 0 Å². The van der Waals surface area contributed by atoms with Crippen LogP contribution in [0.4, 0.5) is 0 Å². The summed E-state index contributed by atoms with van der Waals surface area (Å²) in [5, 5.41) is 9.62. The number of rotatable bonds is 4. The zero-order valence-corrected chi connectivity index (χ0v) is 10.0. The fraction of sp³-hybridized carbons (Fsp3) is 0.417. The molecule has 1 aromatic carbocycles. The minimum Gasteiger partial charge on any atom is -0.489 e. The van der Waals surface area contributed by atoms with E-state index in [0.29, 0.717) is 10.8 Å². The molecule has 3 heteroatoms. The van der Waals surface area contributed by atoms with Gasteiger partial charge < -0.3 is 9.84 Å². The van der Waals surface area contributed by atoms with Crippen molar-refractivity contribution in [3.05, 3.63) is 34.7 Å². The minimum atomic E-state index is 0.00481. The third-order valence-corrected chi connectivity index (χ3v) is 2.41. The Balaban J connectivity index is 3.00. The maximum absolute atomic E-state index is 9.05. The highest BCUT2D eigenvalue weighted by Gasteiger charge is 2.13. The van der Waals surface area contributed by atoms with Crippen LogP contribution in [0.1, 0.15) is 26.3 Å². The minimum absolute atomic E-state index is 0.00481. The van der Waals surface area contributed by atoms with E-state index >= 15 is 0 Å². The highest BCUT2D eigenvalue weighted by atomic mass is 35.5. The number of halogens is 1. The van der Waals surface area contributed by atoms with Gasteiger partial charge in [0.05, 0.1) is 17.7 Å². The van der Waals surface area contributed by atoms with Gasteiger partial charge in [0.1, 0.15) is 5.75 Å². The molecule has 15 heavy (non-hydrogen) atoms. The number of benzene rings is 1. The van der Waals surface area contributed by atoms with Gasteiger partial charge in [-0.15, -0.1) is 0 Å². The molecule has 1 rings (SSSR count). The lowest BCUT2D eigenvalue weighted by Gasteiger charge is -2.15. The summed E-state index contributed by atoms with van der Waals surface area (Å²) in [5.41, 5.74) is 0.845. The number of ether oxygens (including phenoxy) is 1. The molecular formula is C12H16ClO2. The predicted octanol–water partition coefficient (Wildman–Crippen LogP) is 3.06. The van der Waals surface area contributed by atoms with Crippen LogP contribution in [-0.2, 0) is 0 Å². The van der Waals surface area contributed by atoms with Crippen molar-refractivity contribution in [1.82, 2.24) is 0 Å². The maximum atomic E-state index is 9.05. The average molecular weight is 228 g/mol. The summed E-state index contributed by atoms with van der Waals surface area (Å²) in [6.45, 7) is 5.75. The molecule has 0 saturated heterocycles. The van der Waals surface area contributed by atoms with Gasteiger partial charge in [-0.25, -0.2) is 0 Å². The standard InChI is InChI=1S/C12H16ClO2/c1-8(2)15-11-6-4-5-10(12(11)13)9(3)7-14/h4-6,8,14H,7H2,1-3H3. The van der Waals surface area contributed by atoms with E-state index < -0.39 is 0 Å². The second-order valence-corrected chi connectivity index (χ2v) is 4.10. The first kappa shape index (κ1) is 12.3. The number of aliphatic hydroxyl groups excluding tert-OH is 1. The first-order valence-corrected chi connectivity index (χ1v) is 5.33. The molecule has 1 aromatic rings. The predicted molar refractivity (Wildman–Crippen MR) is 62.3 cm³/mol. The van der Waals surface area contributed by atoms with Crippen LogP contribution >= 0.6 is 11.6 Å². The molecule has 0 saturated carbocycles. The molecule has 1 radical (unpaired) electrons. The van der Waals surface area contributed by atoms with Crippen LogP contribution in [0.2, 0.25) is 5.02 Å². The molecular weight excluding hydrogens is 212 g/mol. The molecule has 0 aliphatic rings. The Hall–Kier alpha value is -0.730. The van der Waals surface area contributed by atoms with Gasteiger partial charge in [-0.05, 0) is 25.5 Å². The van der Waals surface area contributed by atoms with Gasteiger partial charge in [0.15, 0.2) is 0 Å². The number of hydrogen-bond donors (Lipinski definition) is 1. The van der Waals surface area contributed by atoms with Gasteiger partial charge in [0.2, 0.25) is 0 Å². The molecule has 0 unspecified atom stereocenters. The molecule has 0 amide bonds. The summed E-state index contributed by atoms with van der Waals surface area (Å²) in [7, 11) is 0. The molecule has 0 atom stereocenters. The van der Waals surface area contributed by atoms with Crippen LogP contribution in [0.5, 0.6) is 5.75 Å². The molecule has 0 fully saturated rings. The van der Waals surface area contributed by atoms with E-state index in [2.05, 4.69) is 0 Å². The molecule has 2 nitrogen and oxygen atoms in total. The summed E-state index contributed by atoms with van der Waals surface area (Å²) < 4.78 is 5.55. The summed E-state index contributed by atoms with van der Waals surface area (Å²) >= 11 is 6.17. The van der Waals surface area contributed by atoms with E-state index in [4.69, 9.17) is 21.4 Å². The maximum Gasteiger partial charge on any atom is 0.138 e. The molecule has 0 aromatic heterocycles. The zero-order chi connectivity index (χ0) is 11.4. The third kappa shape index (κ3) is 3.11.